The third-order valence-electron chi connectivity index (χ3n) is 2.48. The third kappa shape index (κ3) is 3.75. The Hall–Kier alpha value is -1.53. The number of thiol groups is 1. The summed E-state index contributed by atoms with van der Waals surface area (Å²) in [6, 6.07) is 4.72. The van der Waals surface area contributed by atoms with Gasteiger partial charge in [0.15, 0.2) is 6.10 Å². The van der Waals surface area contributed by atoms with Crippen LogP contribution in [0.3, 0.4) is 0 Å². The molecule has 0 saturated carbocycles. The predicted octanol–water partition coefficient (Wildman–Crippen LogP) is 1.20. The molecule has 0 radical (unpaired) electrons. The van der Waals surface area contributed by atoms with Crippen LogP contribution in [-0.4, -0.2) is 29.3 Å². The van der Waals surface area contributed by atoms with Gasteiger partial charge in [-0.25, -0.2) is 4.79 Å². The van der Waals surface area contributed by atoms with Gasteiger partial charge >= 0.3 is 11.9 Å². The zero-order valence-electron chi connectivity index (χ0n) is 9.79. The number of rotatable bonds is 5. The van der Waals surface area contributed by atoms with Gasteiger partial charge in [-0.05, 0) is 29.7 Å². The van der Waals surface area contributed by atoms with Crippen LogP contribution in [-0.2, 0) is 20.7 Å². The molecular weight excluding hydrogens is 256 g/mol. The highest BCUT2D eigenvalue weighted by molar-refractivity contribution is 7.80. The topological polar surface area (TPSA) is 83.8 Å². The highest BCUT2D eigenvalue weighted by atomic mass is 32.1. The van der Waals surface area contributed by atoms with E-state index in [1.165, 1.54) is 13.2 Å². The van der Waals surface area contributed by atoms with E-state index in [1.807, 2.05) is 0 Å². The van der Waals surface area contributed by atoms with Crippen LogP contribution in [0, 0.1) is 0 Å². The maximum atomic E-state index is 11.1. The lowest BCUT2D eigenvalue weighted by Gasteiger charge is -2.12. The molecule has 2 N–H and O–H groups in total. The fourth-order valence-corrected chi connectivity index (χ4v) is 1.78. The number of carbonyl (C=O) groups is 2. The van der Waals surface area contributed by atoms with Crippen LogP contribution in [0.15, 0.2) is 23.1 Å². The Morgan fingerprint density at radius 2 is 2.11 bits per heavy atom. The van der Waals surface area contributed by atoms with E-state index in [2.05, 4.69) is 17.4 Å². The monoisotopic (exact) mass is 270 g/mol. The summed E-state index contributed by atoms with van der Waals surface area (Å²) in [6.07, 6.45) is -1.19. The average molecular weight is 270 g/mol. The molecule has 1 rings (SSSR count). The van der Waals surface area contributed by atoms with Gasteiger partial charge in [0.05, 0.1) is 7.11 Å². The molecule has 18 heavy (non-hydrogen) atoms. The van der Waals surface area contributed by atoms with Crippen molar-refractivity contribution in [3.63, 3.8) is 0 Å². The lowest BCUT2D eigenvalue weighted by atomic mass is 9.98. The molecule has 0 fully saturated rings. The van der Waals surface area contributed by atoms with Gasteiger partial charge in [-0.1, -0.05) is 6.07 Å². The normalized spacial score (nSPS) is 11.9. The van der Waals surface area contributed by atoms with Crippen LogP contribution in [0.1, 0.15) is 23.7 Å². The quantitative estimate of drug-likeness (QED) is 0.553. The highest BCUT2D eigenvalue weighted by Crippen LogP contribution is 2.23. The van der Waals surface area contributed by atoms with E-state index in [-0.39, 0.29) is 12.0 Å². The van der Waals surface area contributed by atoms with Crippen LogP contribution in [0.4, 0.5) is 0 Å². The number of carbonyl (C=O) groups excluding carboxylic acids is 1. The lowest BCUT2D eigenvalue weighted by Crippen LogP contribution is -2.13. The maximum absolute atomic E-state index is 11.1. The summed E-state index contributed by atoms with van der Waals surface area (Å²) in [5.74, 6) is -1.73. The van der Waals surface area contributed by atoms with E-state index in [0.29, 0.717) is 16.9 Å². The molecule has 1 unspecified atom stereocenters. The molecule has 0 saturated heterocycles. The number of aliphatic carboxylic acids is 1. The number of methoxy groups -OCH3 is 1. The number of hydrogen-bond acceptors (Lipinski definition) is 5. The first kappa shape index (κ1) is 14.5. The van der Waals surface area contributed by atoms with Crippen molar-refractivity contribution in [2.75, 3.05) is 7.11 Å². The summed E-state index contributed by atoms with van der Waals surface area (Å²) in [4.78, 5) is 22.5. The second-order valence-corrected chi connectivity index (χ2v) is 4.22. The number of carboxylic acids is 1. The van der Waals surface area contributed by atoms with Gasteiger partial charge in [0.1, 0.15) is 0 Å². The summed E-state index contributed by atoms with van der Waals surface area (Å²) in [5.41, 5.74) is 0.840. The van der Waals surface area contributed by atoms with Gasteiger partial charge in [0, 0.05) is 11.3 Å². The SMILES string of the molecule is COC(=O)CCc1cc(S)ccc1C(O)C(=O)O. The number of benzene rings is 1. The van der Waals surface area contributed by atoms with E-state index in [0.717, 1.165) is 0 Å². The molecule has 0 bridgehead atoms. The molecule has 0 amide bonds. The van der Waals surface area contributed by atoms with Gasteiger partial charge < -0.3 is 14.9 Å². The second kappa shape index (κ2) is 6.42. The largest absolute Gasteiger partial charge is 0.479 e. The van der Waals surface area contributed by atoms with Gasteiger partial charge in [0.2, 0.25) is 0 Å². The number of aliphatic hydroxyl groups excluding tert-OH is 1. The molecule has 0 aromatic heterocycles. The molecule has 1 atom stereocenters. The van der Waals surface area contributed by atoms with Gasteiger partial charge in [0.25, 0.3) is 0 Å². The Kier molecular flexibility index (Phi) is 5.18. The first-order chi connectivity index (χ1) is 8.45. The number of aliphatic hydroxyl groups is 1. The van der Waals surface area contributed by atoms with Crippen LogP contribution in [0.2, 0.25) is 0 Å². The Balaban J connectivity index is 2.96. The Labute approximate surface area is 110 Å². The molecule has 0 aliphatic heterocycles. The summed E-state index contributed by atoms with van der Waals surface area (Å²) in [7, 11) is 1.28. The van der Waals surface area contributed by atoms with E-state index in [4.69, 9.17) is 5.11 Å². The fourth-order valence-electron chi connectivity index (χ4n) is 1.55. The number of aryl methyl sites for hydroxylation is 1. The van der Waals surface area contributed by atoms with Crippen molar-refractivity contribution in [3.05, 3.63) is 29.3 Å². The van der Waals surface area contributed by atoms with Crippen molar-refractivity contribution in [1.29, 1.82) is 0 Å². The summed E-state index contributed by atoms with van der Waals surface area (Å²) in [5, 5.41) is 18.3. The van der Waals surface area contributed by atoms with E-state index in [1.54, 1.807) is 12.1 Å². The highest BCUT2D eigenvalue weighted by Gasteiger charge is 2.19. The minimum atomic E-state index is -1.61. The van der Waals surface area contributed by atoms with Crippen molar-refractivity contribution in [3.8, 4) is 0 Å². The van der Waals surface area contributed by atoms with Gasteiger partial charge in [-0.15, -0.1) is 12.6 Å². The average Bonchev–Trinajstić information content (AvgIpc) is 2.35. The Morgan fingerprint density at radius 3 is 2.67 bits per heavy atom. The van der Waals surface area contributed by atoms with Crippen molar-refractivity contribution < 1.29 is 24.5 Å². The van der Waals surface area contributed by atoms with Gasteiger partial charge in [-0.2, -0.15) is 0 Å². The molecule has 0 heterocycles. The smallest absolute Gasteiger partial charge is 0.337 e. The number of esters is 1. The molecule has 0 aliphatic rings. The lowest BCUT2D eigenvalue weighted by molar-refractivity contribution is -0.147. The van der Waals surface area contributed by atoms with Crippen LogP contribution in [0.5, 0.6) is 0 Å². The van der Waals surface area contributed by atoms with Crippen molar-refractivity contribution in [2.45, 2.75) is 23.8 Å². The third-order valence-corrected chi connectivity index (χ3v) is 2.76. The van der Waals surface area contributed by atoms with Crippen LogP contribution in [0.25, 0.3) is 0 Å². The van der Waals surface area contributed by atoms with Crippen molar-refractivity contribution >= 4 is 24.6 Å². The molecule has 0 spiro atoms. The van der Waals surface area contributed by atoms with E-state index >= 15 is 0 Å². The van der Waals surface area contributed by atoms with E-state index in [9.17, 15) is 14.7 Å². The molecule has 1 aromatic rings. The zero-order valence-corrected chi connectivity index (χ0v) is 10.7. The van der Waals surface area contributed by atoms with E-state index < -0.39 is 18.0 Å². The summed E-state index contributed by atoms with van der Waals surface area (Å²) < 4.78 is 4.51. The first-order valence-corrected chi connectivity index (χ1v) is 5.70. The number of carboxylic acid groups (broad SMARTS) is 1. The molecule has 0 aliphatic carbocycles. The molecule has 1 aromatic carbocycles. The minimum absolute atomic E-state index is 0.118. The predicted molar refractivity (Wildman–Crippen MR) is 66.6 cm³/mol. The molecule has 5 nitrogen and oxygen atoms in total. The Bertz CT molecular complexity index is 458. The minimum Gasteiger partial charge on any atom is -0.479 e. The van der Waals surface area contributed by atoms with Crippen LogP contribution >= 0.6 is 12.6 Å². The number of hydrogen-bond donors (Lipinski definition) is 3. The first-order valence-electron chi connectivity index (χ1n) is 5.25. The molecule has 98 valence electrons. The number of ether oxygens (including phenoxy) is 1. The van der Waals surface area contributed by atoms with Crippen LogP contribution < -0.4 is 0 Å². The second-order valence-electron chi connectivity index (χ2n) is 3.70. The van der Waals surface area contributed by atoms with Gasteiger partial charge in [-0.3, -0.25) is 4.79 Å². The zero-order chi connectivity index (χ0) is 13.7. The van der Waals surface area contributed by atoms with Crippen molar-refractivity contribution in [2.24, 2.45) is 0 Å². The standard InChI is InChI=1S/C12H14O5S/c1-17-10(13)5-2-7-6-8(18)3-4-9(7)11(14)12(15)16/h3-4,6,11,14,18H,2,5H2,1H3,(H,15,16). The molecule has 6 heteroatoms. The Morgan fingerprint density at radius 1 is 1.44 bits per heavy atom. The maximum Gasteiger partial charge on any atom is 0.337 e. The summed E-state index contributed by atoms with van der Waals surface area (Å²) >= 11 is 4.14. The van der Waals surface area contributed by atoms with Crippen molar-refractivity contribution in [1.82, 2.24) is 0 Å². The molecular formula is C12H14O5S. The summed E-state index contributed by atoms with van der Waals surface area (Å²) in [6.45, 7) is 0. The fraction of sp³-hybridized carbons (Fsp3) is 0.333.